The molecule has 0 saturated heterocycles. The molecule has 4 nitrogen and oxygen atoms in total. The van der Waals surface area contributed by atoms with E-state index in [0.29, 0.717) is 16.4 Å². The Morgan fingerprint density at radius 1 is 1.26 bits per heavy atom. The van der Waals surface area contributed by atoms with Gasteiger partial charge in [0.2, 0.25) is 0 Å². The highest BCUT2D eigenvalue weighted by molar-refractivity contribution is 7.19. The number of benzene rings is 1. The number of hydrogen-bond acceptors (Lipinski definition) is 3. The molecule has 27 heavy (non-hydrogen) atoms. The molecule has 0 spiro atoms. The molecule has 1 N–H and O–H groups in total. The van der Waals surface area contributed by atoms with Gasteiger partial charge in [0.15, 0.2) is 5.69 Å². The van der Waals surface area contributed by atoms with E-state index in [-0.39, 0.29) is 12.2 Å². The maximum absolute atomic E-state index is 12.8. The number of hydrogen-bond donors (Lipinski definition) is 1. The third kappa shape index (κ3) is 4.51. The van der Waals surface area contributed by atoms with E-state index in [1.165, 1.54) is 23.5 Å². The standard InChI is InChI=1S/C18H15ClF3N3OS/c1-2-25-14(15-6-7-16(19)27-15)9-13(24-25)17(26)23-10-11-4-3-5-12(8-11)18(20,21)22/h3-9H,2,10H2,1H3,(H,23,26). The van der Waals surface area contributed by atoms with Crippen LogP contribution in [0.3, 0.4) is 0 Å². The molecule has 9 heteroatoms. The molecule has 0 radical (unpaired) electrons. The van der Waals surface area contributed by atoms with Crippen LogP contribution in [0.1, 0.15) is 28.5 Å². The highest BCUT2D eigenvalue weighted by atomic mass is 35.5. The lowest BCUT2D eigenvalue weighted by molar-refractivity contribution is -0.137. The second kappa shape index (κ2) is 7.74. The Hall–Kier alpha value is -2.32. The van der Waals surface area contributed by atoms with Crippen LogP contribution < -0.4 is 5.32 Å². The number of rotatable bonds is 5. The van der Waals surface area contributed by atoms with Crippen molar-refractivity contribution >= 4 is 28.8 Å². The van der Waals surface area contributed by atoms with Gasteiger partial charge in [-0.2, -0.15) is 18.3 Å². The van der Waals surface area contributed by atoms with Gasteiger partial charge < -0.3 is 5.32 Å². The first-order valence-electron chi connectivity index (χ1n) is 8.06. The number of halogens is 4. The molecule has 0 bridgehead atoms. The molecule has 0 aliphatic heterocycles. The van der Waals surface area contributed by atoms with Crippen LogP contribution >= 0.6 is 22.9 Å². The molecular formula is C18H15ClF3N3OS. The van der Waals surface area contributed by atoms with Crippen LogP contribution in [0.4, 0.5) is 13.2 Å². The van der Waals surface area contributed by atoms with Gasteiger partial charge in [-0.1, -0.05) is 23.7 Å². The molecule has 142 valence electrons. The molecule has 2 heterocycles. The Morgan fingerprint density at radius 2 is 2.04 bits per heavy atom. The molecular weight excluding hydrogens is 399 g/mol. The van der Waals surface area contributed by atoms with E-state index in [9.17, 15) is 18.0 Å². The Bertz CT molecular complexity index is 965. The Labute approximate surface area is 162 Å². The van der Waals surface area contributed by atoms with E-state index in [2.05, 4.69) is 10.4 Å². The van der Waals surface area contributed by atoms with Crippen LogP contribution in [0, 0.1) is 0 Å². The van der Waals surface area contributed by atoms with Crippen LogP contribution in [0.15, 0.2) is 42.5 Å². The highest BCUT2D eigenvalue weighted by Crippen LogP contribution is 2.32. The maximum Gasteiger partial charge on any atom is 0.416 e. The Morgan fingerprint density at radius 3 is 2.67 bits per heavy atom. The van der Waals surface area contributed by atoms with Crippen LogP contribution in [0.2, 0.25) is 4.34 Å². The smallest absolute Gasteiger partial charge is 0.347 e. The molecule has 0 atom stereocenters. The van der Waals surface area contributed by atoms with Gasteiger partial charge in [-0.25, -0.2) is 0 Å². The van der Waals surface area contributed by atoms with E-state index < -0.39 is 17.6 Å². The summed E-state index contributed by atoms with van der Waals surface area (Å²) in [6.07, 6.45) is -4.42. The first-order chi connectivity index (χ1) is 12.8. The van der Waals surface area contributed by atoms with E-state index in [1.54, 1.807) is 16.8 Å². The van der Waals surface area contributed by atoms with Crippen LogP contribution in [-0.4, -0.2) is 15.7 Å². The number of nitrogens with zero attached hydrogens (tertiary/aromatic N) is 2. The fourth-order valence-electron chi connectivity index (χ4n) is 2.55. The van der Waals surface area contributed by atoms with Crippen molar-refractivity contribution in [2.45, 2.75) is 26.2 Å². The molecule has 0 aliphatic carbocycles. The van der Waals surface area contributed by atoms with Crippen molar-refractivity contribution in [1.82, 2.24) is 15.1 Å². The first-order valence-corrected chi connectivity index (χ1v) is 9.25. The van der Waals surface area contributed by atoms with E-state index in [4.69, 9.17) is 11.6 Å². The van der Waals surface area contributed by atoms with E-state index >= 15 is 0 Å². The number of nitrogens with one attached hydrogen (secondary N) is 1. The van der Waals surface area contributed by atoms with Crippen LogP contribution in [-0.2, 0) is 19.3 Å². The lowest BCUT2D eigenvalue weighted by atomic mass is 10.1. The average Bonchev–Trinajstić information content (AvgIpc) is 3.25. The number of amides is 1. The molecule has 0 unspecified atom stereocenters. The molecule has 1 amide bonds. The number of thiophene rings is 1. The predicted molar refractivity (Wildman–Crippen MR) is 98.8 cm³/mol. The van der Waals surface area contributed by atoms with Gasteiger partial charge in [0.1, 0.15) is 0 Å². The molecule has 0 fully saturated rings. The minimum Gasteiger partial charge on any atom is -0.347 e. The quantitative estimate of drug-likeness (QED) is 0.622. The maximum atomic E-state index is 12.8. The summed E-state index contributed by atoms with van der Waals surface area (Å²) in [7, 11) is 0. The van der Waals surface area contributed by atoms with Crippen molar-refractivity contribution in [1.29, 1.82) is 0 Å². The molecule has 1 aromatic carbocycles. The average molecular weight is 414 g/mol. The molecule has 2 aromatic heterocycles. The number of carbonyl (C=O) groups is 1. The van der Waals surface area contributed by atoms with Gasteiger partial charge in [0, 0.05) is 13.1 Å². The van der Waals surface area contributed by atoms with Gasteiger partial charge in [-0.05, 0) is 42.8 Å². The summed E-state index contributed by atoms with van der Waals surface area (Å²) in [4.78, 5) is 13.3. The van der Waals surface area contributed by atoms with Crippen molar-refractivity contribution < 1.29 is 18.0 Å². The topological polar surface area (TPSA) is 46.9 Å². The van der Waals surface area contributed by atoms with E-state index in [0.717, 1.165) is 22.7 Å². The van der Waals surface area contributed by atoms with Crippen molar-refractivity contribution in [3.05, 3.63) is 63.6 Å². The Balaban J connectivity index is 1.74. The second-order valence-corrected chi connectivity index (χ2v) is 7.43. The first kappa shape index (κ1) is 19.4. The number of carbonyl (C=O) groups excluding carboxylic acids is 1. The van der Waals surface area contributed by atoms with Gasteiger partial charge in [0.25, 0.3) is 5.91 Å². The van der Waals surface area contributed by atoms with Gasteiger partial charge in [-0.3, -0.25) is 9.48 Å². The lowest BCUT2D eigenvalue weighted by Crippen LogP contribution is -2.23. The third-order valence-corrected chi connectivity index (χ3v) is 5.10. The number of aromatic nitrogens is 2. The summed E-state index contributed by atoms with van der Waals surface area (Å²) in [5, 5.41) is 6.88. The fourth-order valence-corrected chi connectivity index (χ4v) is 3.61. The third-order valence-electron chi connectivity index (χ3n) is 3.85. The summed E-state index contributed by atoms with van der Waals surface area (Å²) in [6, 6.07) is 10.1. The van der Waals surface area contributed by atoms with Crippen molar-refractivity contribution in [2.75, 3.05) is 0 Å². The highest BCUT2D eigenvalue weighted by Gasteiger charge is 2.30. The Kier molecular flexibility index (Phi) is 5.57. The monoisotopic (exact) mass is 413 g/mol. The van der Waals surface area contributed by atoms with Crippen LogP contribution in [0.5, 0.6) is 0 Å². The summed E-state index contributed by atoms with van der Waals surface area (Å²) in [5.74, 6) is -0.455. The predicted octanol–water partition coefficient (Wildman–Crippen LogP) is 5.23. The SMILES string of the molecule is CCn1nc(C(=O)NCc2cccc(C(F)(F)F)c2)cc1-c1ccc(Cl)s1. The van der Waals surface area contributed by atoms with E-state index in [1.807, 2.05) is 13.0 Å². The fraction of sp³-hybridized carbons (Fsp3) is 0.222. The normalized spacial score (nSPS) is 11.6. The van der Waals surface area contributed by atoms with Crippen LogP contribution in [0.25, 0.3) is 10.6 Å². The summed E-state index contributed by atoms with van der Waals surface area (Å²) >= 11 is 7.34. The summed E-state index contributed by atoms with van der Waals surface area (Å²) < 4.78 is 40.6. The zero-order valence-electron chi connectivity index (χ0n) is 14.2. The second-order valence-electron chi connectivity index (χ2n) is 5.72. The largest absolute Gasteiger partial charge is 0.416 e. The van der Waals surface area contributed by atoms with Crippen molar-refractivity contribution in [3.8, 4) is 10.6 Å². The molecule has 3 aromatic rings. The minimum atomic E-state index is -4.42. The molecule has 3 rings (SSSR count). The van der Waals surface area contributed by atoms with Gasteiger partial charge in [0.05, 0.1) is 20.5 Å². The number of alkyl halides is 3. The summed E-state index contributed by atoms with van der Waals surface area (Å²) in [6.45, 7) is 2.43. The van der Waals surface area contributed by atoms with Gasteiger partial charge in [-0.15, -0.1) is 11.3 Å². The minimum absolute atomic E-state index is 0.0259. The van der Waals surface area contributed by atoms with Gasteiger partial charge >= 0.3 is 6.18 Å². The lowest BCUT2D eigenvalue weighted by Gasteiger charge is -2.09. The van der Waals surface area contributed by atoms with Crippen molar-refractivity contribution in [2.24, 2.45) is 0 Å². The molecule has 0 aliphatic rings. The molecule has 0 saturated carbocycles. The zero-order chi connectivity index (χ0) is 19.6. The zero-order valence-corrected chi connectivity index (χ0v) is 15.8. The summed E-state index contributed by atoms with van der Waals surface area (Å²) in [5.41, 5.74) is 0.571. The number of aryl methyl sites for hydroxylation is 1. The van der Waals surface area contributed by atoms with Crippen molar-refractivity contribution in [3.63, 3.8) is 0 Å².